The van der Waals surface area contributed by atoms with E-state index in [0.717, 1.165) is 19.6 Å². The van der Waals surface area contributed by atoms with E-state index in [9.17, 15) is 0 Å². The maximum Gasteiger partial charge on any atom is 0.0638 e. The van der Waals surface area contributed by atoms with Crippen LogP contribution in [0.5, 0.6) is 0 Å². The van der Waals surface area contributed by atoms with Gasteiger partial charge in [-0.1, -0.05) is 0 Å². The summed E-state index contributed by atoms with van der Waals surface area (Å²) in [6, 6.07) is 2.56. The van der Waals surface area contributed by atoms with Crippen molar-refractivity contribution in [1.29, 1.82) is 5.26 Å². The minimum atomic E-state index is 0.392. The maximum atomic E-state index is 8.40. The van der Waals surface area contributed by atoms with Crippen LogP contribution in [-0.2, 0) is 0 Å². The number of hydrogen-bond donors (Lipinski definition) is 1. The first kappa shape index (κ1) is 7.52. The molecule has 1 aliphatic rings. The fraction of sp³-hybridized carbons (Fsp3) is 0.857. The second-order valence-electron chi connectivity index (χ2n) is 2.78. The molecule has 1 aliphatic heterocycles. The van der Waals surface area contributed by atoms with Gasteiger partial charge in [0.2, 0.25) is 0 Å². The van der Waals surface area contributed by atoms with Crippen LogP contribution in [0, 0.1) is 11.3 Å². The van der Waals surface area contributed by atoms with Gasteiger partial charge in [0.15, 0.2) is 0 Å². The van der Waals surface area contributed by atoms with Crippen LogP contribution in [0.2, 0.25) is 0 Å². The molecule has 1 heterocycles. The Balaban J connectivity index is 2.27. The lowest BCUT2D eigenvalue weighted by Crippen LogP contribution is -2.48. The molecule has 1 N–H and O–H groups in total. The first-order valence-corrected chi connectivity index (χ1v) is 3.62. The van der Waals surface area contributed by atoms with E-state index in [2.05, 4.69) is 23.3 Å². The molecule has 0 aromatic carbocycles. The number of nitrogens with one attached hydrogen (secondary N) is 1. The molecule has 1 fully saturated rings. The Morgan fingerprint density at radius 2 is 2.60 bits per heavy atom. The van der Waals surface area contributed by atoms with Gasteiger partial charge in [-0.2, -0.15) is 5.26 Å². The third-order valence-electron chi connectivity index (χ3n) is 1.80. The second kappa shape index (κ2) is 3.55. The Kier molecular flexibility index (Phi) is 2.67. The number of nitrogens with zero attached hydrogens (tertiary/aromatic N) is 2. The van der Waals surface area contributed by atoms with E-state index in [4.69, 9.17) is 5.26 Å². The predicted octanol–water partition coefficient (Wildman–Crippen LogP) is -0.196. The molecule has 0 unspecified atom stereocenters. The van der Waals surface area contributed by atoms with Crippen molar-refractivity contribution in [2.75, 3.05) is 26.7 Å². The number of nitriles is 1. The van der Waals surface area contributed by atoms with E-state index >= 15 is 0 Å². The monoisotopic (exact) mass is 139 g/mol. The van der Waals surface area contributed by atoms with Crippen LogP contribution in [0.4, 0.5) is 0 Å². The second-order valence-corrected chi connectivity index (χ2v) is 2.78. The minimum absolute atomic E-state index is 0.392. The summed E-state index contributed by atoms with van der Waals surface area (Å²) in [4.78, 5) is 2.25. The Hall–Kier alpha value is -0.590. The van der Waals surface area contributed by atoms with Gasteiger partial charge >= 0.3 is 0 Å². The number of hydrogen-bond acceptors (Lipinski definition) is 3. The van der Waals surface area contributed by atoms with Gasteiger partial charge in [-0.25, -0.2) is 0 Å². The van der Waals surface area contributed by atoms with Crippen LogP contribution < -0.4 is 5.32 Å². The van der Waals surface area contributed by atoms with E-state index in [-0.39, 0.29) is 0 Å². The van der Waals surface area contributed by atoms with Gasteiger partial charge in [-0.15, -0.1) is 0 Å². The standard InChI is InChI=1S/C7H13N3/c1-10-5-4-9-7(6-10)2-3-8/h7,9H,2,4-6H2,1H3/t7-/m1/s1. The summed E-state index contributed by atoms with van der Waals surface area (Å²) in [6.07, 6.45) is 0.629. The smallest absolute Gasteiger partial charge is 0.0638 e. The average molecular weight is 139 g/mol. The molecule has 10 heavy (non-hydrogen) atoms. The molecular weight excluding hydrogens is 126 g/mol. The van der Waals surface area contributed by atoms with E-state index in [1.807, 2.05) is 0 Å². The topological polar surface area (TPSA) is 39.1 Å². The average Bonchev–Trinajstić information content (AvgIpc) is 1.88. The summed E-state index contributed by atoms with van der Waals surface area (Å²) >= 11 is 0. The van der Waals surface area contributed by atoms with Crippen molar-refractivity contribution in [2.45, 2.75) is 12.5 Å². The fourth-order valence-electron chi connectivity index (χ4n) is 1.24. The van der Waals surface area contributed by atoms with Crippen molar-refractivity contribution < 1.29 is 0 Å². The fourth-order valence-corrected chi connectivity index (χ4v) is 1.24. The summed E-state index contributed by atoms with van der Waals surface area (Å²) in [5.74, 6) is 0. The highest BCUT2D eigenvalue weighted by molar-refractivity contribution is 4.85. The van der Waals surface area contributed by atoms with E-state index in [1.165, 1.54) is 0 Å². The SMILES string of the molecule is CN1CCN[C@H](CC#N)C1. The minimum Gasteiger partial charge on any atom is -0.310 e. The van der Waals surface area contributed by atoms with Gasteiger partial charge in [0.05, 0.1) is 12.5 Å². The molecular formula is C7H13N3. The van der Waals surface area contributed by atoms with Gasteiger partial charge in [0.1, 0.15) is 0 Å². The Labute approximate surface area is 61.6 Å². The highest BCUT2D eigenvalue weighted by Crippen LogP contribution is 1.98. The van der Waals surface area contributed by atoms with Gasteiger partial charge in [0.25, 0.3) is 0 Å². The van der Waals surface area contributed by atoms with Gasteiger partial charge in [0, 0.05) is 25.7 Å². The Morgan fingerprint density at radius 1 is 1.80 bits per heavy atom. The lowest BCUT2D eigenvalue weighted by molar-refractivity contribution is 0.240. The molecule has 3 nitrogen and oxygen atoms in total. The van der Waals surface area contributed by atoms with Crippen LogP contribution in [0.1, 0.15) is 6.42 Å². The normalized spacial score (nSPS) is 27.8. The number of likely N-dealkylation sites (N-methyl/N-ethyl adjacent to an activating group) is 1. The third-order valence-corrected chi connectivity index (χ3v) is 1.80. The zero-order valence-electron chi connectivity index (χ0n) is 6.30. The lowest BCUT2D eigenvalue weighted by atomic mass is 10.2. The van der Waals surface area contributed by atoms with E-state index in [1.54, 1.807) is 0 Å². The molecule has 0 aromatic heterocycles. The molecule has 56 valence electrons. The number of piperazine rings is 1. The van der Waals surface area contributed by atoms with E-state index in [0.29, 0.717) is 12.5 Å². The largest absolute Gasteiger partial charge is 0.310 e. The molecule has 0 aromatic rings. The highest BCUT2D eigenvalue weighted by atomic mass is 15.2. The summed E-state index contributed by atoms with van der Waals surface area (Å²) in [5, 5.41) is 11.7. The number of rotatable bonds is 1. The first-order valence-electron chi connectivity index (χ1n) is 3.62. The maximum absolute atomic E-state index is 8.40. The molecule has 0 spiro atoms. The molecule has 1 saturated heterocycles. The quantitative estimate of drug-likeness (QED) is 0.547. The van der Waals surface area contributed by atoms with Crippen LogP contribution in [0.15, 0.2) is 0 Å². The lowest BCUT2D eigenvalue weighted by Gasteiger charge is -2.29. The molecule has 0 amide bonds. The summed E-state index contributed by atoms with van der Waals surface area (Å²) in [6.45, 7) is 3.12. The van der Waals surface area contributed by atoms with Crippen molar-refractivity contribution >= 4 is 0 Å². The van der Waals surface area contributed by atoms with Gasteiger partial charge in [-0.3, -0.25) is 0 Å². The predicted molar refractivity (Wildman–Crippen MR) is 39.5 cm³/mol. The van der Waals surface area contributed by atoms with Crippen molar-refractivity contribution in [1.82, 2.24) is 10.2 Å². The Bertz CT molecular complexity index is 138. The van der Waals surface area contributed by atoms with Gasteiger partial charge < -0.3 is 10.2 Å². The summed E-state index contributed by atoms with van der Waals surface area (Å²) < 4.78 is 0. The zero-order chi connectivity index (χ0) is 7.40. The van der Waals surface area contributed by atoms with Crippen molar-refractivity contribution in [3.8, 4) is 6.07 Å². The molecule has 0 bridgehead atoms. The van der Waals surface area contributed by atoms with Gasteiger partial charge in [-0.05, 0) is 7.05 Å². The zero-order valence-corrected chi connectivity index (χ0v) is 6.30. The third kappa shape index (κ3) is 1.98. The molecule has 0 aliphatic carbocycles. The molecule has 0 saturated carbocycles. The molecule has 3 heteroatoms. The summed E-state index contributed by atoms with van der Waals surface area (Å²) in [5.41, 5.74) is 0. The highest BCUT2D eigenvalue weighted by Gasteiger charge is 2.14. The molecule has 0 radical (unpaired) electrons. The van der Waals surface area contributed by atoms with Crippen LogP contribution >= 0.6 is 0 Å². The van der Waals surface area contributed by atoms with Crippen LogP contribution in [0.25, 0.3) is 0 Å². The van der Waals surface area contributed by atoms with Crippen molar-refractivity contribution in [3.05, 3.63) is 0 Å². The summed E-state index contributed by atoms with van der Waals surface area (Å²) in [7, 11) is 2.09. The first-order chi connectivity index (χ1) is 4.83. The Morgan fingerprint density at radius 3 is 3.20 bits per heavy atom. The van der Waals surface area contributed by atoms with Crippen LogP contribution in [-0.4, -0.2) is 37.6 Å². The van der Waals surface area contributed by atoms with Crippen molar-refractivity contribution in [3.63, 3.8) is 0 Å². The molecule has 1 atom stereocenters. The van der Waals surface area contributed by atoms with Crippen LogP contribution in [0.3, 0.4) is 0 Å². The van der Waals surface area contributed by atoms with Crippen molar-refractivity contribution in [2.24, 2.45) is 0 Å². The van der Waals surface area contributed by atoms with E-state index < -0.39 is 0 Å². The molecule has 1 rings (SSSR count).